The molecule has 2 saturated heterocycles. The van der Waals surface area contributed by atoms with Crippen LogP contribution in [0.25, 0.3) is 5.69 Å². The molecule has 2 aliphatic heterocycles. The first-order chi connectivity index (χ1) is 12.2. The van der Waals surface area contributed by atoms with Crippen LogP contribution in [-0.4, -0.2) is 65.0 Å². The zero-order valence-corrected chi connectivity index (χ0v) is 14.1. The molecule has 7 heteroatoms. The Morgan fingerprint density at radius 3 is 2.76 bits per heavy atom. The number of aromatic nitrogens is 2. The van der Waals surface area contributed by atoms with Gasteiger partial charge >= 0.3 is 0 Å². The Morgan fingerprint density at radius 1 is 1.12 bits per heavy atom. The summed E-state index contributed by atoms with van der Waals surface area (Å²) in [5.41, 5.74) is 1.16. The number of morpholine rings is 1. The number of hydrogen-bond donors (Lipinski definition) is 0. The fourth-order valence-corrected chi connectivity index (χ4v) is 3.67. The smallest absolute Gasteiger partial charge is 0.151 e. The van der Waals surface area contributed by atoms with Crippen LogP contribution in [0.4, 0.5) is 8.78 Å². The molecule has 0 aliphatic carbocycles. The van der Waals surface area contributed by atoms with Gasteiger partial charge in [0.25, 0.3) is 0 Å². The van der Waals surface area contributed by atoms with Crippen LogP contribution in [0.15, 0.2) is 30.5 Å². The first-order valence-electron chi connectivity index (χ1n) is 8.73. The molecule has 0 N–H and O–H groups in total. The maximum atomic E-state index is 13.9. The van der Waals surface area contributed by atoms with Crippen molar-refractivity contribution in [3.05, 3.63) is 47.8 Å². The summed E-state index contributed by atoms with van der Waals surface area (Å²) in [5, 5.41) is 4.45. The van der Waals surface area contributed by atoms with E-state index in [1.165, 1.54) is 16.8 Å². The fourth-order valence-electron chi connectivity index (χ4n) is 3.67. The van der Waals surface area contributed by atoms with Crippen molar-refractivity contribution in [3.8, 4) is 5.69 Å². The second kappa shape index (κ2) is 7.19. The van der Waals surface area contributed by atoms with Gasteiger partial charge in [-0.25, -0.2) is 13.5 Å². The van der Waals surface area contributed by atoms with Gasteiger partial charge in [0.2, 0.25) is 0 Å². The molecule has 2 aromatic rings. The van der Waals surface area contributed by atoms with Crippen LogP contribution in [0.1, 0.15) is 12.1 Å². The Balaban J connectivity index is 1.38. The Hall–Kier alpha value is -1.83. The third-order valence-electron chi connectivity index (χ3n) is 5.00. The molecule has 0 saturated carbocycles. The molecular formula is C18H22F2N4O. The van der Waals surface area contributed by atoms with E-state index in [2.05, 4.69) is 14.9 Å². The van der Waals surface area contributed by atoms with E-state index in [-0.39, 0.29) is 5.69 Å². The highest BCUT2D eigenvalue weighted by Gasteiger charge is 2.28. The largest absolute Gasteiger partial charge is 0.379 e. The van der Waals surface area contributed by atoms with E-state index in [0.717, 1.165) is 64.1 Å². The van der Waals surface area contributed by atoms with Gasteiger partial charge in [-0.2, -0.15) is 5.10 Å². The van der Waals surface area contributed by atoms with E-state index in [1.54, 1.807) is 6.20 Å². The van der Waals surface area contributed by atoms with Crippen LogP contribution in [0.3, 0.4) is 0 Å². The molecule has 2 fully saturated rings. The van der Waals surface area contributed by atoms with Crippen molar-refractivity contribution in [1.82, 2.24) is 19.6 Å². The fraction of sp³-hybridized carbons (Fsp3) is 0.500. The second-order valence-corrected chi connectivity index (χ2v) is 6.67. The minimum absolute atomic E-state index is 0.264. The molecule has 0 amide bonds. The molecule has 2 aliphatic rings. The summed E-state index contributed by atoms with van der Waals surface area (Å²) in [4.78, 5) is 4.89. The number of benzene rings is 1. The van der Waals surface area contributed by atoms with Gasteiger partial charge in [0.05, 0.1) is 18.9 Å². The number of likely N-dealkylation sites (tertiary alicyclic amines) is 1. The highest BCUT2D eigenvalue weighted by molar-refractivity contribution is 5.33. The van der Waals surface area contributed by atoms with Crippen LogP contribution in [-0.2, 0) is 11.3 Å². The van der Waals surface area contributed by atoms with Crippen molar-refractivity contribution in [2.75, 3.05) is 39.4 Å². The normalized spacial score (nSPS) is 22.6. The second-order valence-electron chi connectivity index (χ2n) is 6.67. The monoisotopic (exact) mass is 348 g/mol. The summed E-state index contributed by atoms with van der Waals surface area (Å²) in [5.74, 6) is -1.19. The molecule has 0 radical (unpaired) electrons. The van der Waals surface area contributed by atoms with E-state index in [9.17, 15) is 8.78 Å². The molecule has 5 nitrogen and oxygen atoms in total. The van der Waals surface area contributed by atoms with Crippen LogP contribution in [0.2, 0.25) is 0 Å². The number of nitrogens with zero attached hydrogens (tertiary/aromatic N) is 4. The average molecular weight is 348 g/mol. The predicted molar refractivity (Wildman–Crippen MR) is 89.6 cm³/mol. The Morgan fingerprint density at radius 2 is 1.96 bits per heavy atom. The number of halogens is 2. The number of rotatable bonds is 4. The van der Waals surface area contributed by atoms with Crippen molar-refractivity contribution < 1.29 is 13.5 Å². The Kier molecular flexibility index (Phi) is 4.78. The molecule has 4 rings (SSSR count). The van der Waals surface area contributed by atoms with Crippen molar-refractivity contribution in [3.63, 3.8) is 0 Å². The number of ether oxygens (including phenoxy) is 1. The lowest BCUT2D eigenvalue weighted by molar-refractivity contribution is 0.0183. The minimum atomic E-state index is -0.608. The summed E-state index contributed by atoms with van der Waals surface area (Å²) < 4.78 is 33.8. The molecule has 1 unspecified atom stereocenters. The van der Waals surface area contributed by atoms with Gasteiger partial charge in [-0.05, 0) is 24.6 Å². The van der Waals surface area contributed by atoms with Gasteiger partial charge in [0.15, 0.2) is 5.82 Å². The summed E-state index contributed by atoms with van der Waals surface area (Å²) in [6, 6.07) is 6.01. The lowest BCUT2D eigenvalue weighted by Crippen LogP contribution is -2.44. The van der Waals surface area contributed by atoms with Crippen LogP contribution in [0, 0.1) is 11.6 Å². The quantitative estimate of drug-likeness (QED) is 0.847. The highest BCUT2D eigenvalue weighted by Crippen LogP contribution is 2.19. The van der Waals surface area contributed by atoms with Crippen molar-refractivity contribution in [2.45, 2.75) is 19.0 Å². The minimum Gasteiger partial charge on any atom is -0.379 e. The molecule has 1 aromatic heterocycles. The zero-order valence-electron chi connectivity index (χ0n) is 14.1. The van der Waals surface area contributed by atoms with E-state index in [4.69, 9.17) is 4.74 Å². The van der Waals surface area contributed by atoms with Gasteiger partial charge in [0, 0.05) is 51.0 Å². The van der Waals surface area contributed by atoms with Crippen LogP contribution in [0.5, 0.6) is 0 Å². The topological polar surface area (TPSA) is 33.5 Å². The summed E-state index contributed by atoms with van der Waals surface area (Å²) >= 11 is 0. The molecule has 25 heavy (non-hydrogen) atoms. The zero-order chi connectivity index (χ0) is 17.2. The Labute approximate surface area is 145 Å². The maximum Gasteiger partial charge on any atom is 0.151 e. The van der Waals surface area contributed by atoms with Gasteiger partial charge < -0.3 is 4.74 Å². The molecular weight excluding hydrogens is 326 g/mol. The number of hydrogen-bond acceptors (Lipinski definition) is 4. The highest BCUT2D eigenvalue weighted by atomic mass is 19.1. The lowest BCUT2D eigenvalue weighted by Gasteiger charge is -2.32. The molecule has 134 valence electrons. The SMILES string of the molecule is Fc1ccc(-n2ccc(CN3CCC(N4CCOCC4)C3)n2)c(F)c1. The van der Waals surface area contributed by atoms with E-state index in [0.29, 0.717) is 6.04 Å². The van der Waals surface area contributed by atoms with Crippen molar-refractivity contribution in [1.29, 1.82) is 0 Å². The molecule has 1 atom stereocenters. The van der Waals surface area contributed by atoms with Gasteiger partial charge in [-0.15, -0.1) is 0 Å². The molecule has 3 heterocycles. The molecule has 1 aromatic carbocycles. The van der Waals surface area contributed by atoms with Crippen LogP contribution < -0.4 is 0 Å². The van der Waals surface area contributed by atoms with E-state index >= 15 is 0 Å². The average Bonchev–Trinajstić information content (AvgIpc) is 3.26. The summed E-state index contributed by atoms with van der Waals surface area (Å²) in [6.45, 7) is 6.48. The first-order valence-corrected chi connectivity index (χ1v) is 8.73. The standard InChI is InChI=1S/C18H22F2N4O/c19-14-1-2-18(17(20)11-14)24-6-3-15(21-24)12-22-5-4-16(13-22)23-7-9-25-10-8-23/h1-3,6,11,16H,4-5,7-10,12-13H2. The third kappa shape index (κ3) is 3.73. The van der Waals surface area contributed by atoms with Crippen molar-refractivity contribution >= 4 is 0 Å². The lowest BCUT2D eigenvalue weighted by atomic mass is 10.2. The third-order valence-corrected chi connectivity index (χ3v) is 5.00. The van der Waals surface area contributed by atoms with E-state index in [1.807, 2.05) is 6.07 Å². The van der Waals surface area contributed by atoms with Crippen LogP contribution >= 0.6 is 0 Å². The molecule has 0 spiro atoms. The summed E-state index contributed by atoms with van der Waals surface area (Å²) in [6.07, 6.45) is 2.88. The predicted octanol–water partition coefficient (Wildman–Crippen LogP) is 2.06. The van der Waals surface area contributed by atoms with Gasteiger partial charge in [-0.1, -0.05) is 0 Å². The van der Waals surface area contributed by atoms with E-state index < -0.39 is 11.6 Å². The van der Waals surface area contributed by atoms with Gasteiger partial charge in [0.1, 0.15) is 11.5 Å². The van der Waals surface area contributed by atoms with Crippen molar-refractivity contribution in [2.24, 2.45) is 0 Å². The maximum absolute atomic E-state index is 13.9. The molecule has 0 bridgehead atoms. The summed E-state index contributed by atoms with van der Waals surface area (Å²) in [7, 11) is 0. The first kappa shape index (κ1) is 16.6. The van der Waals surface area contributed by atoms with Gasteiger partial charge in [-0.3, -0.25) is 9.80 Å². The Bertz CT molecular complexity index is 730.